The van der Waals surface area contributed by atoms with E-state index in [2.05, 4.69) is 5.32 Å². The number of benzene rings is 3. The quantitative estimate of drug-likeness (QED) is 0.566. The van der Waals surface area contributed by atoms with Crippen molar-refractivity contribution in [1.82, 2.24) is 0 Å². The number of aryl methyl sites for hydroxylation is 2. The number of hydrogen-bond acceptors (Lipinski definition) is 5. The lowest BCUT2D eigenvalue weighted by Gasteiger charge is -2.31. The summed E-state index contributed by atoms with van der Waals surface area (Å²) in [5.74, 6) is -2.72. The molecule has 0 bridgehead atoms. The normalized spacial score (nSPS) is 13.1. The molecule has 4 rings (SSSR count). The van der Waals surface area contributed by atoms with Gasteiger partial charge in [0.2, 0.25) is 0 Å². The Morgan fingerprint density at radius 3 is 2.38 bits per heavy atom. The SMILES string of the molecule is Cc1cc(C)cc(S(=O)(=O)N2CCOc3ccc(C(=O)Nc4ccc(C(=O)O)c(F)c4)cc32)c1. The van der Waals surface area contributed by atoms with Gasteiger partial charge in [0.1, 0.15) is 18.2 Å². The molecule has 3 aromatic rings. The number of amides is 1. The van der Waals surface area contributed by atoms with Crippen molar-refractivity contribution in [1.29, 1.82) is 0 Å². The van der Waals surface area contributed by atoms with Crippen LogP contribution in [0.3, 0.4) is 0 Å². The summed E-state index contributed by atoms with van der Waals surface area (Å²) in [4.78, 5) is 23.9. The average Bonchev–Trinajstić information content (AvgIpc) is 2.77. The molecule has 0 saturated heterocycles. The molecule has 1 aliphatic heterocycles. The first-order valence-electron chi connectivity index (χ1n) is 10.3. The summed E-state index contributed by atoms with van der Waals surface area (Å²) in [7, 11) is -3.92. The summed E-state index contributed by atoms with van der Waals surface area (Å²) in [5, 5.41) is 11.4. The number of nitrogens with one attached hydrogen (secondary N) is 1. The van der Waals surface area contributed by atoms with Gasteiger partial charge in [-0.05, 0) is 73.5 Å². The van der Waals surface area contributed by atoms with Crippen molar-refractivity contribution >= 4 is 33.3 Å². The van der Waals surface area contributed by atoms with Crippen LogP contribution in [0.1, 0.15) is 31.8 Å². The van der Waals surface area contributed by atoms with Crippen LogP contribution in [0.2, 0.25) is 0 Å². The fraction of sp³-hybridized carbons (Fsp3) is 0.167. The number of nitrogens with zero attached hydrogens (tertiary/aromatic N) is 1. The number of aromatic carboxylic acids is 1. The van der Waals surface area contributed by atoms with E-state index in [9.17, 15) is 22.4 Å². The molecule has 176 valence electrons. The van der Waals surface area contributed by atoms with E-state index in [1.165, 1.54) is 28.6 Å². The highest BCUT2D eigenvalue weighted by molar-refractivity contribution is 7.92. The second-order valence-corrected chi connectivity index (χ2v) is 9.75. The summed E-state index contributed by atoms with van der Waals surface area (Å²) in [6, 6.07) is 12.6. The molecular weight excluding hydrogens is 463 g/mol. The Kier molecular flexibility index (Phi) is 6.01. The number of hydrogen-bond donors (Lipinski definition) is 2. The van der Waals surface area contributed by atoms with Crippen molar-refractivity contribution in [2.24, 2.45) is 0 Å². The van der Waals surface area contributed by atoms with Crippen LogP contribution in [-0.2, 0) is 10.0 Å². The number of rotatable bonds is 5. The Bertz CT molecular complexity index is 1400. The van der Waals surface area contributed by atoms with Gasteiger partial charge in [0.15, 0.2) is 0 Å². The van der Waals surface area contributed by atoms with Gasteiger partial charge in [0.05, 0.1) is 22.7 Å². The highest BCUT2D eigenvalue weighted by Gasteiger charge is 2.31. The Morgan fingerprint density at radius 1 is 1.03 bits per heavy atom. The predicted octanol–water partition coefficient (Wildman–Crippen LogP) is 3.98. The van der Waals surface area contributed by atoms with E-state index in [-0.39, 0.29) is 35.0 Å². The van der Waals surface area contributed by atoms with E-state index in [1.54, 1.807) is 12.1 Å². The lowest BCUT2D eigenvalue weighted by molar-refractivity contribution is 0.0691. The molecule has 0 fully saturated rings. The maximum absolute atomic E-state index is 14.0. The molecule has 0 aromatic heterocycles. The zero-order chi connectivity index (χ0) is 24.6. The summed E-state index contributed by atoms with van der Waals surface area (Å²) in [6.07, 6.45) is 0. The van der Waals surface area contributed by atoms with Crippen LogP contribution >= 0.6 is 0 Å². The second-order valence-electron chi connectivity index (χ2n) is 7.89. The fourth-order valence-electron chi connectivity index (χ4n) is 3.76. The third kappa shape index (κ3) is 4.44. The molecular formula is C24H21FN2O6S. The highest BCUT2D eigenvalue weighted by atomic mass is 32.2. The van der Waals surface area contributed by atoms with Crippen molar-refractivity contribution in [3.63, 3.8) is 0 Å². The van der Waals surface area contributed by atoms with Gasteiger partial charge in [0, 0.05) is 11.3 Å². The third-order valence-corrected chi connectivity index (χ3v) is 7.07. The molecule has 0 aliphatic carbocycles. The number of ether oxygens (including phenoxy) is 1. The molecule has 0 saturated carbocycles. The van der Waals surface area contributed by atoms with Gasteiger partial charge in [-0.25, -0.2) is 17.6 Å². The molecule has 0 unspecified atom stereocenters. The van der Waals surface area contributed by atoms with E-state index in [0.29, 0.717) is 5.75 Å². The Hall–Kier alpha value is -3.92. The predicted molar refractivity (Wildman–Crippen MR) is 124 cm³/mol. The summed E-state index contributed by atoms with van der Waals surface area (Å²) < 4.78 is 47.6. The fourth-order valence-corrected chi connectivity index (χ4v) is 5.40. The molecule has 10 heteroatoms. The second kappa shape index (κ2) is 8.79. The standard InChI is InChI=1S/C24H21FN2O6S/c1-14-9-15(2)11-18(10-14)34(31,32)27-7-8-33-22-6-3-16(12-21(22)27)23(28)26-17-4-5-19(24(29)30)20(25)13-17/h3-6,9-13H,7-8H2,1-2H3,(H,26,28)(H,29,30). The van der Waals surface area contributed by atoms with Crippen LogP contribution in [-0.4, -0.2) is 38.6 Å². The van der Waals surface area contributed by atoms with Crippen molar-refractivity contribution in [2.45, 2.75) is 18.7 Å². The van der Waals surface area contributed by atoms with Gasteiger partial charge >= 0.3 is 5.97 Å². The van der Waals surface area contributed by atoms with E-state index in [4.69, 9.17) is 9.84 Å². The molecule has 1 heterocycles. The summed E-state index contributed by atoms with van der Waals surface area (Å²) >= 11 is 0. The maximum atomic E-state index is 14.0. The van der Waals surface area contributed by atoms with E-state index in [1.807, 2.05) is 19.9 Å². The van der Waals surface area contributed by atoms with Gasteiger partial charge in [-0.1, -0.05) is 6.07 Å². The van der Waals surface area contributed by atoms with Crippen molar-refractivity contribution in [2.75, 3.05) is 22.8 Å². The first-order valence-corrected chi connectivity index (χ1v) is 11.7. The summed E-state index contributed by atoms with van der Waals surface area (Å²) in [5.41, 5.74) is 1.48. The van der Waals surface area contributed by atoms with E-state index in [0.717, 1.165) is 23.3 Å². The number of fused-ring (bicyclic) bond motifs is 1. The van der Waals surface area contributed by atoms with Crippen molar-refractivity contribution < 1.29 is 32.2 Å². The number of carbonyl (C=O) groups excluding carboxylic acids is 1. The largest absolute Gasteiger partial charge is 0.489 e. The molecule has 0 radical (unpaired) electrons. The van der Waals surface area contributed by atoms with Gasteiger partial charge in [0.25, 0.3) is 15.9 Å². The number of carboxylic acid groups (broad SMARTS) is 1. The molecule has 0 atom stereocenters. The van der Waals surface area contributed by atoms with Crippen LogP contribution < -0.4 is 14.4 Å². The maximum Gasteiger partial charge on any atom is 0.338 e. The van der Waals surface area contributed by atoms with Crippen LogP contribution in [0.15, 0.2) is 59.5 Å². The average molecular weight is 485 g/mol. The van der Waals surface area contributed by atoms with Crippen LogP contribution in [0.5, 0.6) is 5.75 Å². The minimum Gasteiger partial charge on any atom is -0.489 e. The smallest absolute Gasteiger partial charge is 0.338 e. The van der Waals surface area contributed by atoms with Gasteiger partial charge in [-0.15, -0.1) is 0 Å². The number of carbonyl (C=O) groups is 2. The number of anilines is 2. The molecule has 8 nitrogen and oxygen atoms in total. The van der Waals surface area contributed by atoms with Crippen LogP contribution in [0.25, 0.3) is 0 Å². The van der Waals surface area contributed by atoms with Gasteiger partial charge in [-0.2, -0.15) is 0 Å². The van der Waals surface area contributed by atoms with Gasteiger partial charge < -0.3 is 15.2 Å². The van der Waals surface area contributed by atoms with Crippen molar-refractivity contribution in [3.05, 3.63) is 82.7 Å². The molecule has 34 heavy (non-hydrogen) atoms. The Labute approximate surface area is 195 Å². The molecule has 1 aliphatic rings. The summed E-state index contributed by atoms with van der Waals surface area (Å²) in [6.45, 7) is 3.84. The zero-order valence-electron chi connectivity index (χ0n) is 18.3. The highest BCUT2D eigenvalue weighted by Crippen LogP contribution is 2.36. The first kappa shape index (κ1) is 23.2. The topological polar surface area (TPSA) is 113 Å². The Balaban J connectivity index is 1.66. The van der Waals surface area contributed by atoms with Crippen molar-refractivity contribution in [3.8, 4) is 5.75 Å². The van der Waals surface area contributed by atoms with Crippen LogP contribution in [0, 0.1) is 19.7 Å². The number of carboxylic acids is 1. The minimum atomic E-state index is -3.92. The first-order chi connectivity index (χ1) is 16.1. The lowest BCUT2D eigenvalue weighted by Crippen LogP contribution is -2.38. The Morgan fingerprint density at radius 2 is 1.74 bits per heavy atom. The van der Waals surface area contributed by atoms with E-state index < -0.39 is 33.3 Å². The molecule has 3 aromatic carbocycles. The molecule has 1 amide bonds. The number of sulfonamides is 1. The minimum absolute atomic E-state index is 0.0567. The monoisotopic (exact) mass is 484 g/mol. The zero-order valence-corrected chi connectivity index (χ0v) is 19.1. The van der Waals surface area contributed by atoms with Crippen LogP contribution in [0.4, 0.5) is 15.8 Å². The number of halogens is 1. The van der Waals surface area contributed by atoms with E-state index >= 15 is 0 Å². The molecule has 0 spiro atoms. The molecule has 2 N–H and O–H groups in total. The third-order valence-electron chi connectivity index (χ3n) is 5.28. The lowest BCUT2D eigenvalue weighted by atomic mass is 10.1. The van der Waals surface area contributed by atoms with Gasteiger partial charge in [-0.3, -0.25) is 9.10 Å².